The van der Waals surface area contributed by atoms with Crippen molar-refractivity contribution in [2.75, 3.05) is 0 Å². The molecule has 11 heteroatoms. The van der Waals surface area contributed by atoms with Crippen LogP contribution in [0.2, 0.25) is 0 Å². The molecule has 3 aromatic rings. The number of hydrogen-bond donors (Lipinski definition) is 2. The largest absolute Gasteiger partial charge is 0.573 e. The zero-order valence-corrected chi connectivity index (χ0v) is 15.6. The number of hydrogen-bond acceptors (Lipinski definition) is 5. The van der Waals surface area contributed by atoms with E-state index in [1.54, 1.807) is 0 Å². The third-order valence-electron chi connectivity index (χ3n) is 4.09. The lowest BCUT2D eigenvalue weighted by molar-refractivity contribution is -0.274. The maximum Gasteiger partial charge on any atom is 0.573 e. The van der Waals surface area contributed by atoms with Crippen molar-refractivity contribution >= 4 is 11.9 Å². The van der Waals surface area contributed by atoms with E-state index in [1.807, 2.05) is 0 Å². The van der Waals surface area contributed by atoms with Crippen molar-refractivity contribution in [1.29, 1.82) is 0 Å². The van der Waals surface area contributed by atoms with E-state index in [9.17, 15) is 27.6 Å². The summed E-state index contributed by atoms with van der Waals surface area (Å²) in [6, 6.07) is 11.2. The van der Waals surface area contributed by atoms with Crippen molar-refractivity contribution < 1.29 is 32.6 Å². The van der Waals surface area contributed by atoms with E-state index in [0.29, 0.717) is 0 Å². The summed E-state index contributed by atoms with van der Waals surface area (Å²) in [5.74, 6) is -2.77. The van der Waals surface area contributed by atoms with Crippen LogP contribution in [0.3, 0.4) is 0 Å². The van der Waals surface area contributed by atoms with Crippen molar-refractivity contribution in [2.24, 2.45) is 5.73 Å². The van der Waals surface area contributed by atoms with Crippen molar-refractivity contribution in [3.8, 4) is 28.1 Å². The molecule has 1 heterocycles. The first-order chi connectivity index (χ1) is 14.5. The molecule has 3 N–H and O–H groups in total. The number of carbonyl (C=O) groups excluding carboxylic acids is 1. The van der Waals surface area contributed by atoms with E-state index >= 15 is 0 Å². The summed E-state index contributed by atoms with van der Waals surface area (Å²) in [6.45, 7) is -0.740. The summed E-state index contributed by atoms with van der Waals surface area (Å²) in [7, 11) is 0. The minimum Gasteiger partial charge on any atom is -0.480 e. The molecule has 160 valence electrons. The van der Waals surface area contributed by atoms with Gasteiger partial charge < -0.3 is 20.1 Å². The van der Waals surface area contributed by atoms with Crippen molar-refractivity contribution in [1.82, 2.24) is 9.55 Å². The minimum absolute atomic E-state index is 0.0959. The number of carbonyl (C=O) groups is 2. The van der Waals surface area contributed by atoms with Crippen LogP contribution in [0.25, 0.3) is 22.4 Å². The topological polar surface area (TPSA) is 125 Å². The van der Waals surface area contributed by atoms with E-state index in [1.165, 1.54) is 42.5 Å². The van der Waals surface area contributed by atoms with Crippen molar-refractivity contribution in [2.45, 2.75) is 12.9 Å². The molecule has 0 aliphatic heterocycles. The molecule has 0 fully saturated rings. The minimum atomic E-state index is -4.91. The monoisotopic (exact) mass is 433 g/mol. The van der Waals surface area contributed by atoms with Gasteiger partial charge in [0.05, 0.1) is 0 Å². The van der Waals surface area contributed by atoms with Crippen LogP contribution in [0, 0.1) is 0 Å². The van der Waals surface area contributed by atoms with Crippen molar-refractivity contribution in [3.63, 3.8) is 0 Å². The molecule has 2 aromatic carbocycles. The van der Waals surface area contributed by atoms with Gasteiger partial charge in [-0.25, -0.2) is 4.98 Å². The number of primary amides is 1. The number of carboxylic acids is 1. The van der Waals surface area contributed by atoms with E-state index in [-0.39, 0.29) is 28.1 Å². The van der Waals surface area contributed by atoms with Gasteiger partial charge in [-0.05, 0) is 17.7 Å². The Morgan fingerprint density at radius 2 is 1.77 bits per heavy atom. The smallest absolute Gasteiger partial charge is 0.480 e. The fraction of sp³-hybridized carbons (Fsp3) is 0.100. The molecule has 3 rings (SSSR count). The molecule has 0 atom stereocenters. The predicted molar refractivity (Wildman–Crippen MR) is 102 cm³/mol. The number of aliphatic carboxylic acids is 1. The molecule has 1 amide bonds. The number of para-hydroxylation sites is 1. The van der Waals surface area contributed by atoms with Gasteiger partial charge in [-0.2, -0.15) is 0 Å². The lowest BCUT2D eigenvalue weighted by Gasteiger charge is -2.14. The van der Waals surface area contributed by atoms with E-state index in [4.69, 9.17) is 10.8 Å². The summed E-state index contributed by atoms with van der Waals surface area (Å²) < 4.78 is 43.0. The Kier molecular flexibility index (Phi) is 5.77. The SMILES string of the molecule is NC(=O)c1cn(CC(=O)O)c(=O)c(-c2cccc(-c3ccccc3OC(F)(F)F)c2)n1. The lowest BCUT2D eigenvalue weighted by atomic mass is 10.0. The number of benzene rings is 2. The molecule has 0 saturated carbocycles. The molecule has 31 heavy (non-hydrogen) atoms. The lowest BCUT2D eigenvalue weighted by Crippen LogP contribution is -2.29. The average Bonchev–Trinajstić information content (AvgIpc) is 2.68. The summed E-state index contributed by atoms with van der Waals surface area (Å²) in [5.41, 5.74) is 4.29. The number of aromatic nitrogens is 2. The van der Waals surface area contributed by atoms with Crippen LogP contribution in [-0.4, -0.2) is 32.9 Å². The summed E-state index contributed by atoms with van der Waals surface area (Å²) >= 11 is 0. The second kappa shape index (κ2) is 8.30. The highest BCUT2D eigenvalue weighted by Gasteiger charge is 2.32. The standard InChI is InChI=1S/C20H14F3N3O5/c21-20(22,23)31-15-7-2-1-6-13(15)11-4-3-5-12(8-11)17-19(30)26(10-16(27)28)9-14(25-17)18(24)29/h1-9H,10H2,(H2,24,29)(H,27,28). The third kappa shape index (κ3) is 5.07. The van der Waals surface area contributed by atoms with Crippen LogP contribution in [0.5, 0.6) is 5.75 Å². The molecule has 0 bridgehead atoms. The van der Waals surface area contributed by atoms with Crippen LogP contribution in [-0.2, 0) is 11.3 Å². The van der Waals surface area contributed by atoms with E-state index < -0.39 is 36.1 Å². The second-order valence-electron chi connectivity index (χ2n) is 6.29. The number of halogens is 3. The van der Waals surface area contributed by atoms with Gasteiger partial charge in [-0.3, -0.25) is 14.4 Å². The summed E-state index contributed by atoms with van der Waals surface area (Å²) in [6.07, 6.45) is -3.98. The van der Waals surface area contributed by atoms with Crippen LogP contribution >= 0.6 is 0 Å². The molecular formula is C20H14F3N3O5. The summed E-state index contributed by atoms with van der Waals surface area (Å²) in [4.78, 5) is 39.2. The molecular weight excluding hydrogens is 419 g/mol. The molecule has 0 radical (unpaired) electrons. The number of amides is 1. The number of nitrogens with zero attached hydrogens (tertiary/aromatic N) is 2. The Hall–Kier alpha value is -4.15. The maximum atomic E-state index is 12.7. The van der Waals surface area contributed by atoms with Gasteiger partial charge in [0, 0.05) is 17.3 Å². The normalized spacial score (nSPS) is 11.2. The first kappa shape index (κ1) is 21.6. The Labute approximate surface area is 172 Å². The van der Waals surface area contributed by atoms with Crippen LogP contribution in [0.4, 0.5) is 13.2 Å². The highest BCUT2D eigenvalue weighted by atomic mass is 19.4. The highest BCUT2D eigenvalue weighted by Crippen LogP contribution is 2.34. The molecule has 1 aromatic heterocycles. The molecule has 0 saturated heterocycles. The van der Waals surface area contributed by atoms with Gasteiger partial charge in [0.15, 0.2) is 0 Å². The second-order valence-corrected chi connectivity index (χ2v) is 6.29. The Bertz CT molecular complexity index is 1220. The first-order valence-electron chi connectivity index (χ1n) is 8.64. The van der Waals surface area contributed by atoms with Gasteiger partial charge in [0.2, 0.25) is 0 Å². The van der Waals surface area contributed by atoms with Crippen LogP contribution < -0.4 is 16.0 Å². The van der Waals surface area contributed by atoms with Crippen LogP contribution in [0.15, 0.2) is 59.5 Å². The number of rotatable bonds is 6. The fourth-order valence-electron chi connectivity index (χ4n) is 2.86. The molecule has 8 nitrogen and oxygen atoms in total. The third-order valence-corrected chi connectivity index (χ3v) is 4.09. The fourth-order valence-corrected chi connectivity index (χ4v) is 2.86. The quantitative estimate of drug-likeness (QED) is 0.616. The Morgan fingerprint density at radius 1 is 1.10 bits per heavy atom. The highest BCUT2D eigenvalue weighted by molar-refractivity contribution is 5.91. The number of nitrogens with two attached hydrogens (primary N) is 1. The Balaban J connectivity index is 2.16. The molecule has 0 unspecified atom stereocenters. The maximum absolute atomic E-state index is 12.7. The van der Waals surface area contributed by atoms with Crippen LogP contribution in [0.1, 0.15) is 10.5 Å². The zero-order chi connectivity index (χ0) is 22.8. The number of ether oxygens (including phenoxy) is 1. The Morgan fingerprint density at radius 3 is 2.42 bits per heavy atom. The van der Waals surface area contributed by atoms with Gasteiger partial charge in [0.1, 0.15) is 23.7 Å². The number of alkyl halides is 3. The zero-order valence-electron chi connectivity index (χ0n) is 15.6. The van der Waals surface area contributed by atoms with Gasteiger partial charge in [0.25, 0.3) is 11.5 Å². The number of carboxylic acid groups (broad SMARTS) is 1. The predicted octanol–water partition coefficient (Wildman–Crippen LogP) is 2.66. The van der Waals surface area contributed by atoms with Gasteiger partial charge >= 0.3 is 12.3 Å². The molecule has 0 aliphatic carbocycles. The summed E-state index contributed by atoms with van der Waals surface area (Å²) in [5, 5.41) is 9.00. The molecule has 0 spiro atoms. The van der Waals surface area contributed by atoms with Gasteiger partial charge in [-0.1, -0.05) is 36.4 Å². The van der Waals surface area contributed by atoms with E-state index in [0.717, 1.165) is 16.8 Å². The van der Waals surface area contributed by atoms with Gasteiger partial charge in [-0.15, -0.1) is 13.2 Å². The van der Waals surface area contributed by atoms with E-state index in [2.05, 4.69) is 9.72 Å². The average molecular weight is 433 g/mol. The first-order valence-corrected chi connectivity index (χ1v) is 8.64. The van der Waals surface area contributed by atoms with Crippen molar-refractivity contribution in [3.05, 3.63) is 70.8 Å². The molecule has 0 aliphatic rings.